The van der Waals surface area contributed by atoms with Crippen molar-refractivity contribution in [3.63, 3.8) is 0 Å². The number of benzene rings is 2. The van der Waals surface area contributed by atoms with Crippen LogP contribution in [0.5, 0.6) is 5.75 Å². The molecule has 1 aliphatic rings. The van der Waals surface area contributed by atoms with E-state index >= 15 is 0 Å². The zero-order valence-electron chi connectivity index (χ0n) is 20.0. The van der Waals surface area contributed by atoms with Gasteiger partial charge in [0.1, 0.15) is 11.4 Å². The molecule has 1 fully saturated rings. The summed E-state index contributed by atoms with van der Waals surface area (Å²) < 4.78 is 21.5. The third kappa shape index (κ3) is 6.48. The Balaban J connectivity index is 1.94. The molecule has 7 nitrogen and oxygen atoms in total. The molecule has 3 rings (SSSR count). The van der Waals surface area contributed by atoms with Gasteiger partial charge in [0.15, 0.2) is 6.79 Å². The smallest absolute Gasteiger partial charge is 0.410 e. The number of ether oxygens (including phenoxy) is 4. The minimum Gasteiger partial charge on any atom is -0.469 e. The molecule has 1 saturated heterocycles. The van der Waals surface area contributed by atoms with Gasteiger partial charge in [0, 0.05) is 26.1 Å². The minimum absolute atomic E-state index is 0.120. The summed E-state index contributed by atoms with van der Waals surface area (Å²) in [6.07, 6.45) is 0.179. The first-order chi connectivity index (χ1) is 15.7. The van der Waals surface area contributed by atoms with Crippen molar-refractivity contribution in [1.82, 2.24) is 4.90 Å². The molecule has 0 aromatic heterocycles. The molecule has 0 spiro atoms. The lowest BCUT2D eigenvalue weighted by atomic mass is 9.79. The predicted octanol–water partition coefficient (Wildman–Crippen LogP) is 4.85. The molecule has 0 bridgehead atoms. The molecule has 33 heavy (non-hydrogen) atoms. The normalized spacial score (nSPS) is 18.5. The van der Waals surface area contributed by atoms with Crippen molar-refractivity contribution in [3.05, 3.63) is 54.1 Å². The lowest BCUT2D eigenvalue weighted by Gasteiger charge is -2.38. The summed E-state index contributed by atoms with van der Waals surface area (Å²) in [5, 5.41) is 0. The van der Waals surface area contributed by atoms with E-state index in [2.05, 4.69) is 6.07 Å². The van der Waals surface area contributed by atoms with Crippen LogP contribution in [0.3, 0.4) is 0 Å². The molecule has 2 atom stereocenters. The van der Waals surface area contributed by atoms with Gasteiger partial charge in [0.25, 0.3) is 0 Å². The van der Waals surface area contributed by atoms with E-state index in [-0.39, 0.29) is 25.2 Å². The van der Waals surface area contributed by atoms with Gasteiger partial charge in [-0.15, -0.1) is 0 Å². The van der Waals surface area contributed by atoms with Crippen LogP contribution in [0, 0.1) is 5.92 Å². The molecule has 7 heteroatoms. The lowest BCUT2D eigenvalue weighted by Crippen LogP contribution is -2.47. The van der Waals surface area contributed by atoms with E-state index in [0.717, 1.165) is 16.7 Å². The molecular weight excluding hydrogens is 422 g/mol. The summed E-state index contributed by atoms with van der Waals surface area (Å²) in [6, 6.07) is 16.0. The molecule has 1 heterocycles. The number of carbonyl (C=O) groups excluding carboxylic acids is 2. The highest BCUT2D eigenvalue weighted by Gasteiger charge is 2.39. The van der Waals surface area contributed by atoms with Gasteiger partial charge >= 0.3 is 12.1 Å². The molecule has 2 aromatic rings. The van der Waals surface area contributed by atoms with Gasteiger partial charge in [-0.3, -0.25) is 4.79 Å². The Hall–Kier alpha value is -3.06. The fraction of sp³-hybridized carbons (Fsp3) is 0.462. The Bertz CT molecular complexity index is 953. The van der Waals surface area contributed by atoms with E-state index < -0.39 is 17.6 Å². The number of rotatable bonds is 6. The van der Waals surface area contributed by atoms with Gasteiger partial charge in [-0.2, -0.15) is 0 Å². The van der Waals surface area contributed by atoms with E-state index in [1.54, 1.807) is 12.0 Å². The predicted molar refractivity (Wildman–Crippen MR) is 125 cm³/mol. The third-order valence-electron chi connectivity index (χ3n) is 5.58. The van der Waals surface area contributed by atoms with Crippen LogP contribution in [0.15, 0.2) is 48.5 Å². The largest absolute Gasteiger partial charge is 0.469 e. The maximum atomic E-state index is 12.8. The highest BCUT2D eigenvalue weighted by Crippen LogP contribution is 2.38. The van der Waals surface area contributed by atoms with Crippen LogP contribution in [0.25, 0.3) is 11.1 Å². The Morgan fingerprint density at radius 3 is 2.39 bits per heavy atom. The number of methoxy groups -OCH3 is 2. The summed E-state index contributed by atoms with van der Waals surface area (Å²) in [5.41, 5.74) is 2.38. The van der Waals surface area contributed by atoms with Crippen molar-refractivity contribution in [3.8, 4) is 16.9 Å². The number of nitrogens with zero attached hydrogens (tertiary/aromatic N) is 1. The average Bonchev–Trinajstić information content (AvgIpc) is 2.81. The molecule has 0 radical (unpaired) electrons. The Morgan fingerprint density at radius 2 is 1.76 bits per heavy atom. The SMILES string of the molecule is COCOc1cc(-c2ccccc2)cc([C@H]2CCN(C(=O)OC(C)(C)C)CC2C(=O)OC)c1. The van der Waals surface area contributed by atoms with E-state index in [9.17, 15) is 9.59 Å². The second-order valence-electron chi connectivity index (χ2n) is 9.16. The van der Waals surface area contributed by atoms with Crippen LogP contribution >= 0.6 is 0 Å². The first-order valence-electron chi connectivity index (χ1n) is 11.1. The van der Waals surface area contributed by atoms with Crippen LogP contribution in [0.1, 0.15) is 38.7 Å². The maximum absolute atomic E-state index is 12.8. The van der Waals surface area contributed by atoms with Gasteiger partial charge < -0.3 is 23.8 Å². The zero-order chi connectivity index (χ0) is 24.0. The summed E-state index contributed by atoms with van der Waals surface area (Å²) in [6.45, 7) is 6.31. The molecule has 1 amide bonds. The van der Waals surface area contributed by atoms with Gasteiger partial charge in [0.2, 0.25) is 0 Å². The number of carbonyl (C=O) groups is 2. The number of hydrogen-bond acceptors (Lipinski definition) is 6. The van der Waals surface area contributed by atoms with E-state index in [4.69, 9.17) is 18.9 Å². The molecule has 0 saturated carbocycles. The number of likely N-dealkylation sites (tertiary alicyclic amines) is 1. The average molecular weight is 456 g/mol. The summed E-state index contributed by atoms with van der Waals surface area (Å²) >= 11 is 0. The Kier molecular flexibility index (Phi) is 7.97. The third-order valence-corrected chi connectivity index (χ3v) is 5.58. The van der Waals surface area contributed by atoms with Crippen molar-refractivity contribution >= 4 is 12.1 Å². The minimum atomic E-state index is -0.605. The van der Waals surface area contributed by atoms with Crippen molar-refractivity contribution < 1.29 is 28.5 Å². The Morgan fingerprint density at radius 1 is 1.03 bits per heavy atom. The maximum Gasteiger partial charge on any atom is 0.410 e. The number of amides is 1. The zero-order valence-corrected chi connectivity index (χ0v) is 20.0. The first kappa shape index (κ1) is 24.6. The summed E-state index contributed by atoms with van der Waals surface area (Å²) in [7, 11) is 2.95. The molecule has 0 aliphatic carbocycles. The Labute approximate surface area is 195 Å². The van der Waals surface area contributed by atoms with Crippen molar-refractivity contribution in [2.45, 2.75) is 38.7 Å². The fourth-order valence-electron chi connectivity index (χ4n) is 4.08. The van der Waals surface area contributed by atoms with Crippen LogP contribution in [-0.2, 0) is 19.0 Å². The molecule has 1 aliphatic heterocycles. The highest BCUT2D eigenvalue weighted by atomic mass is 16.7. The van der Waals surface area contributed by atoms with E-state index in [1.165, 1.54) is 7.11 Å². The van der Waals surface area contributed by atoms with Crippen LogP contribution < -0.4 is 4.74 Å². The lowest BCUT2D eigenvalue weighted by molar-refractivity contribution is -0.148. The van der Waals surface area contributed by atoms with E-state index in [1.807, 2.05) is 63.2 Å². The van der Waals surface area contributed by atoms with Crippen molar-refractivity contribution in [1.29, 1.82) is 0 Å². The first-order valence-corrected chi connectivity index (χ1v) is 11.1. The second-order valence-corrected chi connectivity index (χ2v) is 9.16. The van der Waals surface area contributed by atoms with E-state index in [0.29, 0.717) is 18.7 Å². The monoisotopic (exact) mass is 455 g/mol. The topological polar surface area (TPSA) is 74.3 Å². The highest BCUT2D eigenvalue weighted by molar-refractivity contribution is 5.76. The standard InChI is InChI=1S/C26H33NO6/c1-26(2,3)33-25(29)27-12-11-22(23(16-27)24(28)31-5)20-13-19(18-9-7-6-8-10-18)14-21(15-20)32-17-30-4/h6-10,13-15,22-23H,11-12,16-17H2,1-5H3/t22-,23?/m1/s1. The van der Waals surface area contributed by atoms with Crippen LogP contribution in [0.2, 0.25) is 0 Å². The number of hydrogen-bond donors (Lipinski definition) is 0. The van der Waals surface area contributed by atoms with Crippen molar-refractivity contribution in [2.75, 3.05) is 34.1 Å². The molecule has 1 unspecified atom stereocenters. The molecule has 178 valence electrons. The van der Waals surface area contributed by atoms with Crippen LogP contribution in [-0.4, -0.2) is 56.7 Å². The number of esters is 1. The summed E-state index contributed by atoms with van der Waals surface area (Å²) in [4.78, 5) is 27.0. The van der Waals surface area contributed by atoms with Gasteiger partial charge in [-0.1, -0.05) is 36.4 Å². The number of piperidine rings is 1. The molecular formula is C26H33NO6. The fourth-order valence-corrected chi connectivity index (χ4v) is 4.08. The summed E-state index contributed by atoms with van der Waals surface area (Å²) in [5.74, 6) is -0.341. The second kappa shape index (κ2) is 10.7. The molecule has 0 N–H and O–H groups in total. The van der Waals surface area contributed by atoms with Crippen LogP contribution in [0.4, 0.5) is 4.79 Å². The molecule has 2 aromatic carbocycles. The van der Waals surface area contributed by atoms with Gasteiger partial charge in [0.05, 0.1) is 13.0 Å². The van der Waals surface area contributed by atoms with Gasteiger partial charge in [-0.25, -0.2) is 4.79 Å². The van der Waals surface area contributed by atoms with Crippen molar-refractivity contribution in [2.24, 2.45) is 5.92 Å². The van der Waals surface area contributed by atoms with Gasteiger partial charge in [-0.05, 0) is 56.0 Å². The quantitative estimate of drug-likeness (QED) is 0.458.